The van der Waals surface area contributed by atoms with E-state index >= 15 is 0 Å². The van der Waals surface area contributed by atoms with Crippen LogP contribution in [0.2, 0.25) is 5.15 Å². The third kappa shape index (κ3) is 4.26. The van der Waals surface area contributed by atoms with Crippen molar-refractivity contribution in [3.8, 4) is 11.5 Å². The molecule has 0 bridgehead atoms. The fraction of sp³-hybridized carbons (Fsp3) is 0.292. The Balaban J connectivity index is 1.38. The summed E-state index contributed by atoms with van der Waals surface area (Å²) in [7, 11) is 0. The van der Waals surface area contributed by atoms with Crippen LogP contribution in [0.1, 0.15) is 23.8 Å². The Bertz CT molecular complexity index is 1210. The van der Waals surface area contributed by atoms with Gasteiger partial charge >= 0.3 is 0 Å². The second kappa shape index (κ2) is 8.76. The second-order valence-electron chi connectivity index (χ2n) is 7.95. The largest absolute Gasteiger partial charge is 0.491 e. The standard InChI is InChI=1S/C24H23ClN4O3/c1-15-3-7-17(8-4-15)30-12-20-19(31-18-9-5-16(2)6-10-18)11-21(32-20)29-14-28-22-23(25)26-13-27-24(22)29/h3-10,13-14,19-21H,11-12H2,1-2H3/t19-,20+,21-/m0/s1. The van der Waals surface area contributed by atoms with Crippen LogP contribution in [-0.2, 0) is 4.74 Å². The highest BCUT2D eigenvalue weighted by atomic mass is 35.5. The highest BCUT2D eigenvalue weighted by molar-refractivity contribution is 6.33. The monoisotopic (exact) mass is 450 g/mol. The number of rotatable bonds is 6. The van der Waals surface area contributed by atoms with E-state index in [1.165, 1.54) is 17.5 Å². The fourth-order valence-electron chi connectivity index (χ4n) is 3.78. The molecule has 8 heteroatoms. The lowest BCUT2D eigenvalue weighted by atomic mass is 10.1. The molecule has 7 nitrogen and oxygen atoms in total. The smallest absolute Gasteiger partial charge is 0.166 e. The predicted molar refractivity (Wildman–Crippen MR) is 121 cm³/mol. The number of imidazole rings is 1. The summed E-state index contributed by atoms with van der Waals surface area (Å²) in [6, 6.07) is 16.0. The predicted octanol–water partition coefficient (Wildman–Crippen LogP) is 4.91. The van der Waals surface area contributed by atoms with Gasteiger partial charge < -0.3 is 14.2 Å². The van der Waals surface area contributed by atoms with E-state index < -0.39 is 0 Å². The number of aryl methyl sites for hydroxylation is 2. The average Bonchev–Trinajstić information content (AvgIpc) is 3.40. The number of benzene rings is 2. The molecule has 4 aromatic rings. The van der Waals surface area contributed by atoms with Crippen molar-refractivity contribution in [3.63, 3.8) is 0 Å². The summed E-state index contributed by atoms with van der Waals surface area (Å²) in [6.45, 7) is 4.46. The van der Waals surface area contributed by atoms with E-state index in [1.807, 2.05) is 66.9 Å². The number of ether oxygens (including phenoxy) is 3. The third-order valence-corrected chi connectivity index (χ3v) is 5.83. The van der Waals surface area contributed by atoms with E-state index in [0.717, 1.165) is 11.5 Å². The lowest BCUT2D eigenvalue weighted by molar-refractivity contribution is -0.0341. The molecular formula is C24H23ClN4O3. The van der Waals surface area contributed by atoms with Gasteiger partial charge in [-0.25, -0.2) is 15.0 Å². The van der Waals surface area contributed by atoms with Crippen LogP contribution in [0.4, 0.5) is 0 Å². The Hall–Kier alpha value is -3.16. The number of aromatic nitrogens is 4. The van der Waals surface area contributed by atoms with Crippen molar-refractivity contribution in [2.75, 3.05) is 6.61 Å². The van der Waals surface area contributed by atoms with Crippen molar-refractivity contribution in [2.24, 2.45) is 0 Å². The van der Waals surface area contributed by atoms with Crippen LogP contribution in [0, 0.1) is 13.8 Å². The minimum absolute atomic E-state index is 0.206. The minimum Gasteiger partial charge on any atom is -0.491 e. The maximum atomic E-state index is 6.38. The number of nitrogens with zero attached hydrogens (tertiary/aromatic N) is 4. The molecule has 0 N–H and O–H groups in total. The molecule has 2 aromatic carbocycles. The first-order valence-electron chi connectivity index (χ1n) is 10.5. The van der Waals surface area contributed by atoms with Gasteiger partial charge in [0.15, 0.2) is 10.8 Å². The molecule has 1 fully saturated rings. The van der Waals surface area contributed by atoms with Crippen molar-refractivity contribution in [1.29, 1.82) is 0 Å². The lowest BCUT2D eigenvalue weighted by Crippen LogP contribution is -2.32. The Kier molecular flexibility index (Phi) is 5.68. The summed E-state index contributed by atoms with van der Waals surface area (Å²) in [5.41, 5.74) is 3.54. The van der Waals surface area contributed by atoms with Crippen LogP contribution >= 0.6 is 11.6 Å². The van der Waals surface area contributed by atoms with Gasteiger partial charge in [-0.05, 0) is 38.1 Å². The first kappa shape index (κ1) is 20.7. The topological polar surface area (TPSA) is 71.3 Å². The maximum Gasteiger partial charge on any atom is 0.166 e. The molecule has 1 aliphatic rings. The van der Waals surface area contributed by atoms with E-state index in [1.54, 1.807) is 6.33 Å². The van der Waals surface area contributed by atoms with Crippen molar-refractivity contribution in [2.45, 2.75) is 38.7 Å². The summed E-state index contributed by atoms with van der Waals surface area (Å²) in [4.78, 5) is 12.7. The summed E-state index contributed by atoms with van der Waals surface area (Å²) in [5.74, 6) is 1.59. The van der Waals surface area contributed by atoms with Crippen LogP contribution in [0.5, 0.6) is 11.5 Å². The highest BCUT2D eigenvalue weighted by Gasteiger charge is 2.39. The zero-order valence-electron chi connectivity index (χ0n) is 17.8. The molecule has 0 spiro atoms. The fourth-order valence-corrected chi connectivity index (χ4v) is 3.96. The summed E-state index contributed by atoms with van der Waals surface area (Å²) < 4.78 is 20.6. The minimum atomic E-state index is -0.312. The molecule has 164 valence electrons. The van der Waals surface area contributed by atoms with Gasteiger partial charge in [0.1, 0.15) is 48.4 Å². The molecule has 1 aliphatic heterocycles. The molecule has 0 saturated carbocycles. The molecule has 2 aromatic heterocycles. The maximum absolute atomic E-state index is 6.38. The Morgan fingerprint density at radius 3 is 2.38 bits per heavy atom. The summed E-state index contributed by atoms with van der Waals surface area (Å²) >= 11 is 6.17. The number of hydrogen-bond acceptors (Lipinski definition) is 6. The van der Waals surface area contributed by atoms with Crippen LogP contribution in [0.3, 0.4) is 0 Å². The molecule has 0 amide bonds. The molecule has 5 rings (SSSR count). The first-order chi connectivity index (χ1) is 15.6. The van der Waals surface area contributed by atoms with Gasteiger partial charge in [0.2, 0.25) is 0 Å². The Morgan fingerprint density at radius 2 is 1.66 bits per heavy atom. The molecule has 0 unspecified atom stereocenters. The molecule has 32 heavy (non-hydrogen) atoms. The van der Waals surface area contributed by atoms with E-state index in [0.29, 0.717) is 29.3 Å². The molecule has 3 heterocycles. The van der Waals surface area contributed by atoms with Gasteiger partial charge in [-0.3, -0.25) is 4.57 Å². The van der Waals surface area contributed by atoms with Crippen LogP contribution in [-0.4, -0.2) is 38.3 Å². The van der Waals surface area contributed by atoms with E-state index in [2.05, 4.69) is 15.0 Å². The van der Waals surface area contributed by atoms with E-state index in [-0.39, 0.29) is 18.4 Å². The van der Waals surface area contributed by atoms with Crippen molar-refractivity contribution in [3.05, 3.63) is 77.5 Å². The zero-order chi connectivity index (χ0) is 22.1. The van der Waals surface area contributed by atoms with E-state index in [4.69, 9.17) is 25.8 Å². The average molecular weight is 451 g/mol. The van der Waals surface area contributed by atoms with Gasteiger partial charge in [0.05, 0.1) is 6.33 Å². The number of fused-ring (bicyclic) bond motifs is 1. The molecule has 0 aliphatic carbocycles. The molecule has 3 atom stereocenters. The van der Waals surface area contributed by atoms with E-state index in [9.17, 15) is 0 Å². The molecule has 1 saturated heterocycles. The van der Waals surface area contributed by atoms with Gasteiger partial charge in [-0.2, -0.15) is 0 Å². The van der Waals surface area contributed by atoms with Gasteiger partial charge in [0.25, 0.3) is 0 Å². The van der Waals surface area contributed by atoms with Crippen LogP contribution in [0.25, 0.3) is 11.2 Å². The first-order valence-corrected chi connectivity index (χ1v) is 10.9. The zero-order valence-corrected chi connectivity index (χ0v) is 18.6. The summed E-state index contributed by atoms with van der Waals surface area (Å²) in [6.07, 6.45) is 2.93. The summed E-state index contributed by atoms with van der Waals surface area (Å²) in [5, 5.41) is 0.318. The van der Waals surface area contributed by atoms with Crippen LogP contribution in [0.15, 0.2) is 61.2 Å². The van der Waals surface area contributed by atoms with Gasteiger partial charge in [-0.15, -0.1) is 0 Å². The van der Waals surface area contributed by atoms with Crippen molar-refractivity contribution < 1.29 is 14.2 Å². The van der Waals surface area contributed by atoms with Gasteiger partial charge in [-0.1, -0.05) is 47.0 Å². The second-order valence-corrected chi connectivity index (χ2v) is 8.30. The Labute approximate surface area is 190 Å². The van der Waals surface area contributed by atoms with Crippen LogP contribution < -0.4 is 9.47 Å². The van der Waals surface area contributed by atoms with Crippen molar-refractivity contribution in [1.82, 2.24) is 19.5 Å². The molecule has 0 radical (unpaired) electrons. The third-order valence-electron chi connectivity index (χ3n) is 5.55. The Morgan fingerprint density at radius 1 is 0.969 bits per heavy atom. The highest BCUT2D eigenvalue weighted by Crippen LogP contribution is 2.34. The number of hydrogen-bond donors (Lipinski definition) is 0. The molecular weight excluding hydrogens is 428 g/mol. The quantitative estimate of drug-likeness (QED) is 0.389. The van der Waals surface area contributed by atoms with Crippen molar-refractivity contribution >= 4 is 22.8 Å². The lowest BCUT2D eigenvalue weighted by Gasteiger charge is -2.20. The SMILES string of the molecule is Cc1ccc(OC[C@H]2O[C@H](n3cnc4c(Cl)ncnc43)C[C@@H]2Oc2ccc(C)cc2)cc1. The number of halogens is 1. The normalized spacial score (nSPS) is 20.5. The van der Waals surface area contributed by atoms with Gasteiger partial charge in [0, 0.05) is 6.42 Å².